The summed E-state index contributed by atoms with van der Waals surface area (Å²) in [4.78, 5) is 41.5. The summed E-state index contributed by atoms with van der Waals surface area (Å²) in [6.45, 7) is 4.25. The van der Waals surface area contributed by atoms with Gasteiger partial charge in [-0.15, -0.1) is 5.10 Å². The summed E-state index contributed by atoms with van der Waals surface area (Å²) in [5, 5.41) is 4.27. The van der Waals surface area contributed by atoms with Crippen LogP contribution in [0.15, 0.2) is 40.2 Å². The highest BCUT2D eigenvalue weighted by Gasteiger charge is 2.49. The van der Waals surface area contributed by atoms with Crippen molar-refractivity contribution in [2.24, 2.45) is 5.10 Å². The number of anilines is 1. The van der Waals surface area contributed by atoms with Crippen LogP contribution in [0.25, 0.3) is 6.08 Å². The third-order valence-electron chi connectivity index (χ3n) is 4.64. The van der Waals surface area contributed by atoms with E-state index in [2.05, 4.69) is 10.5 Å². The molecule has 4 rings (SSSR count). The molecule has 1 aromatic heterocycles. The minimum atomic E-state index is -0.615. The molecule has 2 atom stereocenters. The first kappa shape index (κ1) is 18.2. The highest BCUT2D eigenvalue weighted by atomic mass is 32.1. The number of carbonyl (C=O) groups is 2. The van der Waals surface area contributed by atoms with Gasteiger partial charge in [0.05, 0.1) is 6.61 Å². The molecule has 2 aliphatic heterocycles. The Morgan fingerprint density at radius 3 is 2.71 bits per heavy atom. The van der Waals surface area contributed by atoms with Gasteiger partial charge in [0.25, 0.3) is 5.56 Å². The number of para-hydroxylation sites is 1. The van der Waals surface area contributed by atoms with Crippen LogP contribution in [0.3, 0.4) is 0 Å². The number of urea groups is 1. The number of nitrogens with zero attached hydrogens (tertiary/aromatic N) is 4. The molecule has 10 heteroatoms. The summed E-state index contributed by atoms with van der Waals surface area (Å²) in [5.74, 6) is -0.582. The highest BCUT2D eigenvalue weighted by Crippen LogP contribution is 2.34. The maximum Gasteiger partial charge on any atom is 0.332 e. The van der Waals surface area contributed by atoms with E-state index in [1.54, 1.807) is 16.7 Å². The van der Waals surface area contributed by atoms with Crippen molar-refractivity contribution < 1.29 is 14.3 Å². The first-order valence-corrected chi connectivity index (χ1v) is 9.76. The van der Waals surface area contributed by atoms with Gasteiger partial charge in [-0.25, -0.2) is 9.59 Å². The first-order chi connectivity index (χ1) is 13.6. The predicted molar refractivity (Wildman–Crippen MR) is 103 cm³/mol. The maximum atomic E-state index is 13.1. The molecule has 2 amide bonds. The molecule has 2 aliphatic rings. The molecule has 3 heterocycles. The summed E-state index contributed by atoms with van der Waals surface area (Å²) < 4.78 is 6.59. The summed E-state index contributed by atoms with van der Waals surface area (Å²) in [7, 11) is 0. The molecule has 0 bridgehead atoms. The molecule has 1 fully saturated rings. The van der Waals surface area contributed by atoms with Gasteiger partial charge in [-0.1, -0.05) is 29.5 Å². The van der Waals surface area contributed by atoms with Crippen molar-refractivity contribution in [2.45, 2.75) is 26.2 Å². The monoisotopic (exact) mass is 401 g/mol. The lowest BCUT2D eigenvalue weighted by Gasteiger charge is -2.30. The van der Waals surface area contributed by atoms with Crippen molar-refractivity contribution >= 4 is 35.1 Å². The number of rotatable bonds is 4. The zero-order valence-corrected chi connectivity index (χ0v) is 16.2. The van der Waals surface area contributed by atoms with Gasteiger partial charge in [0.15, 0.2) is 12.3 Å². The van der Waals surface area contributed by atoms with E-state index in [-0.39, 0.29) is 22.7 Å². The van der Waals surface area contributed by atoms with E-state index >= 15 is 0 Å². The number of benzene rings is 1. The van der Waals surface area contributed by atoms with Gasteiger partial charge in [-0.3, -0.25) is 24.6 Å². The normalized spacial score (nSPS) is 21.1. The van der Waals surface area contributed by atoms with Crippen molar-refractivity contribution in [2.75, 3.05) is 18.1 Å². The van der Waals surface area contributed by atoms with Crippen LogP contribution in [0.1, 0.15) is 20.0 Å². The van der Waals surface area contributed by atoms with Gasteiger partial charge in [-0.05, 0) is 26.0 Å². The van der Waals surface area contributed by atoms with E-state index in [9.17, 15) is 14.4 Å². The maximum absolute atomic E-state index is 13.1. The third-order valence-corrected chi connectivity index (χ3v) is 5.62. The van der Waals surface area contributed by atoms with Gasteiger partial charge < -0.3 is 4.74 Å². The molecule has 2 aromatic rings. The van der Waals surface area contributed by atoms with E-state index < -0.39 is 18.3 Å². The Bertz CT molecular complexity index is 1090. The fourth-order valence-corrected chi connectivity index (χ4v) is 4.38. The van der Waals surface area contributed by atoms with Crippen LogP contribution >= 0.6 is 11.3 Å². The molecule has 2 unspecified atom stereocenters. The van der Waals surface area contributed by atoms with Crippen molar-refractivity contribution in [1.82, 2.24) is 14.9 Å². The number of esters is 1. The number of carbonyl (C=O) groups excluding carboxylic acids is 2. The number of fused-ring (bicyclic) bond motifs is 3. The first-order valence-electron chi connectivity index (χ1n) is 8.94. The van der Waals surface area contributed by atoms with Crippen LogP contribution in [0.5, 0.6) is 0 Å². The van der Waals surface area contributed by atoms with E-state index in [4.69, 9.17) is 4.74 Å². The van der Waals surface area contributed by atoms with Crippen LogP contribution in [0.2, 0.25) is 0 Å². The molecule has 1 saturated heterocycles. The van der Waals surface area contributed by atoms with Gasteiger partial charge in [0.1, 0.15) is 4.53 Å². The van der Waals surface area contributed by atoms with E-state index in [1.165, 1.54) is 10.6 Å². The standard InChI is InChI=1S/C18H19N5O4S/c1-3-21-14-15(22(18(21)26)11-8-6-5-7-9-11)23-16(25)12(10-13(24)27-4-2)28-17(23)20-19-14/h5-10,14-15,19H,3-4H2,1-2H3/b12-10-. The predicted octanol–water partition coefficient (Wildman–Crippen LogP) is 0.178. The molecule has 1 aromatic carbocycles. The fraction of sp³-hybridized carbons (Fsp3) is 0.333. The lowest BCUT2D eigenvalue weighted by molar-refractivity contribution is -0.135. The fourth-order valence-electron chi connectivity index (χ4n) is 3.46. The van der Waals surface area contributed by atoms with Crippen LogP contribution in [0, 0.1) is 0 Å². The molecule has 0 saturated carbocycles. The zero-order valence-electron chi connectivity index (χ0n) is 15.4. The number of aromatic nitrogens is 1. The van der Waals surface area contributed by atoms with Crippen LogP contribution in [0.4, 0.5) is 10.5 Å². The van der Waals surface area contributed by atoms with Crippen LogP contribution in [-0.4, -0.2) is 40.8 Å². The smallest absolute Gasteiger partial charge is 0.332 e. The number of hydrogen-bond acceptors (Lipinski definition) is 7. The Morgan fingerprint density at radius 1 is 1.29 bits per heavy atom. The molecular formula is C18H19N5O4S. The van der Waals surface area contributed by atoms with Crippen molar-refractivity contribution in [1.29, 1.82) is 0 Å². The minimum absolute atomic E-state index is 0.215. The third kappa shape index (κ3) is 2.76. The number of likely N-dealkylation sites (N-methyl/N-ethyl adjacent to an activating group) is 1. The molecular weight excluding hydrogens is 382 g/mol. The summed E-state index contributed by atoms with van der Waals surface area (Å²) >= 11 is 1.08. The molecule has 0 aliphatic carbocycles. The second-order valence-electron chi connectivity index (χ2n) is 6.19. The minimum Gasteiger partial charge on any atom is -0.463 e. The molecule has 28 heavy (non-hydrogen) atoms. The van der Waals surface area contributed by atoms with E-state index in [0.717, 1.165) is 11.3 Å². The molecule has 1 N–H and O–H groups in total. The molecule has 9 nitrogen and oxygen atoms in total. The largest absolute Gasteiger partial charge is 0.463 e. The number of ether oxygens (including phenoxy) is 1. The average molecular weight is 401 g/mol. The number of nitrogens with one attached hydrogen (secondary N) is 1. The topological polar surface area (TPSA) is 96.2 Å². The van der Waals surface area contributed by atoms with Crippen LogP contribution in [-0.2, 0) is 9.53 Å². The Balaban J connectivity index is 1.88. The van der Waals surface area contributed by atoms with Gasteiger partial charge in [-0.2, -0.15) is 0 Å². The van der Waals surface area contributed by atoms with Crippen molar-refractivity contribution in [3.63, 3.8) is 0 Å². The van der Waals surface area contributed by atoms with Crippen LogP contribution < -0.4 is 25.2 Å². The van der Waals surface area contributed by atoms with Gasteiger partial charge >= 0.3 is 12.0 Å². The van der Waals surface area contributed by atoms with E-state index in [1.807, 2.05) is 37.3 Å². The Morgan fingerprint density at radius 2 is 2.04 bits per heavy atom. The van der Waals surface area contributed by atoms with Gasteiger partial charge in [0.2, 0.25) is 4.80 Å². The summed E-state index contributed by atoms with van der Waals surface area (Å²) in [6.07, 6.45) is 0.0662. The lowest BCUT2D eigenvalue weighted by atomic mass is 10.2. The quantitative estimate of drug-likeness (QED) is 0.738. The molecule has 146 valence electrons. The second kappa shape index (κ2) is 7.12. The highest BCUT2D eigenvalue weighted by molar-refractivity contribution is 7.07. The molecule has 0 radical (unpaired) electrons. The molecule has 0 spiro atoms. The zero-order chi connectivity index (χ0) is 19.8. The number of amides is 2. The van der Waals surface area contributed by atoms with Crippen molar-refractivity contribution in [3.8, 4) is 0 Å². The van der Waals surface area contributed by atoms with E-state index in [0.29, 0.717) is 17.0 Å². The Hall–Kier alpha value is -3.14. The lowest BCUT2D eigenvalue weighted by Crippen LogP contribution is -2.53. The number of thiazole rings is 1. The SMILES string of the molecule is CCOC(=O)/C=c1\sc2n(c1=O)C1C(NN=2)N(CC)C(=O)N1c1ccccc1. The average Bonchev–Trinajstić information content (AvgIpc) is 3.16. The summed E-state index contributed by atoms with van der Waals surface area (Å²) in [5.41, 5.74) is 3.30. The Labute approximate surface area is 164 Å². The Kier molecular flexibility index (Phi) is 4.63. The van der Waals surface area contributed by atoms with Gasteiger partial charge in [0, 0.05) is 18.3 Å². The number of hydrogen-bond donors (Lipinski definition) is 1. The van der Waals surface area contributed by atoms with Crippen molar-refractivity contribution in [3.05, 3.63) is 50.0 Å². The summed E-state index contributed by atoms with van der Waals surface area (Å²) in [6, 6.07) is 8.97. The second-order valence-corrected chi connectivity index (χ2v) is 7.20.